The summed E-state index contributed by atoms with van der Waals surface area (Å²) in [7, 11) is 1.83. The third-order valence-electron chi connectivity index (χ3n) is 4.07. The lowest BCUT2D eigenvalue weighted by molar-refractivity contribution is -0.118. The van der Waals surface area contributed by atoms with E-state index in [1.165, 1.54) is 11.8 Å². The van der Waals surface area contributed by atoms with Crippen LogP contribution in [-0.2, 0) is 11.2 Å². The number of thioether (sulfide) groups is 1. The molecule has 0 saturated heterocycles. The number of nitrogens with zero attached hydrogens (tertiary/aromatic N) is 3. The highest BCUT2D eigenvalue weighted by atomic mass is 79.9. The first kappa shape index (κ1) is 18.9. The minimum absolute atomic E-state index is 0.0909. The van der Waals surface area contributed by atoms with Gasteiger partial charge in [-0.25, -0.2) is 9.97 Å². The number of rotatable bonds is 5. The molecule has 0 radical (unpaired) electrons. The van der Waals surface area contributed by atoms with Crippen molar-refractivity contribution in [3.8, 4) is 0 Å². The van der Waals surface area contributed by atoms with Crippen LogP contribution < -0.4 is 4.90 Å². The van der Waals surface area contributed by atoms with Crippen LogP contribution in [-0.4, -0.2) is 29.2 Å². The Morgan fingerprint density at radius 2 is 1.83 bits per heavy atom. The molecule has 1 aromatic carbocycles. The molecule has 0 aliphatic heterocycles. The van der Waals surface area contributed by atoms with Gasteiger partial charge in [-0.1, -0.05) is 27.7 Å². The summed E-state index contributed by atoms with van der Waals surface area (Å²) in [5.74, 6) is 0.0909. The first-order valence-electron chi connectivity index (χ1n) is 7.74. The predicted octanol–water partition coefficient (Wildman–Crippen LogP) is 4.48. The van der Waals surface area contributed by atoms with Crippen molar-refractivity contribution in [1.82, 2.24) is 9.97 Å². The molecule has 6 heteroatoms. The average Bonchev–Trinajstić information content (AvgIpc) is 2.53. The zero-order valence-electron chi connectivity index (χ0n) is 14.7. The van der Waals surface area contributed by atoms with Crippen molar-refractivity contribution in [2.75, 3.05) is 18.2 Å². The SMILES string of the molecule is CSc1nc(C)c(CCC(=O)N(C)c2ccc(Br)cc2C)c(C)n1. The maximum atomic E-state index is 12.6. The molecule has 0 aliphatic carbocycles. The van der Waals surface area contributed by atoms with Crippen molar-refractivity contribution in [1.29, 1.82) is 0 Å². The summed E-state index contributed by atoms with van der Waals surface area (Å²) in [6.45, 7) is 5.97. The van der Waals surface area contributed by atoms with Crippen LogP contribution >= 0.6 is 27.7 Å². The second-order valence-electron chi connectivity index (χ2n) is 5.74. The zero-order chi connectivity index (χ0) is 17.9. The van der Waals surface area contributed by atoms with Crippen LogP contribution in [0.4, 0.5) is 5.69 Å². The molecule has 128 valence electrons. The van der Waals surface area contributed by atoms with E-state index in [-0.39, 0.29) is 5.91 Å². The van der Waals surface area contributed by atoms with Crippen LogP contribution in [0.1, 0.15) is 28.9 Å². The van der Waals surface area contributed by atoms with Crippen LogP contribution in [0, 0.1) is 20.8 Å². The van der Waals surface area contributed by atoms with Gasteiger partial charge in [0.1, 0.15) is 0 Å². The third kappa shape index (κ3) is 4.36. The number of aryl methyl sites for hydroxylation is 3. The number of aromatic nitrogens is 2. The van der Waals surface area contributed by atoms with Crippen molar-refractivity contribution < 1.29 is 4.79 Å². The maximum Gasteiger partial charge on any atom is 0.227 e. The summed E-state index contributed by atoms with van der Waals surface area (Å²) in [5, 5.41) is 0.780. The van der Waals surface area contributed by atoms with Crippen LogP contribution in [0.5, 0.6) is 0 Å². The predicted molar refractivity (Wildman–Crippen MR) is 104 cm³/mol. The van der Waals surface area contributed by atoms with Crippen molar-refractivity contribution in [2.24, 2.45) is 0 Å². The van der Waals surface area contributed by atoms with Crippen LogP contribution in [0.25, 0.3) is 0 Å². The molecule has 24 heavy (non-hydrogen) atoms. The van der Waals surface area contributed by atoms with E-state index >= 15 is 0 Å². The molecule has 1 aromatic heterocycles. The first-order valence-corrected chi connectivity index (χ1v) is 9.76. The van der Waals surface area contributed by atoms with E-state index in [1.807, 2.05) is 52.3 Å². The molecule has 0 spiro atoms. The molecule has 4 nitrogen and oxygen atoms in total. The van der Waals surface area contributed by atoms with Gasteiger partial charge in [0, 0.05) is 35.0 Å². The molecule has 0 atom stereocenters. The van der Waals surface area contributed by atoms with Crippen LogP contribution in [0.3, 0.4) is 0 Å². The molecule has 0 N–H and O–H groups in total. The molecule has 1 heterocycles. The number of anilines is 1. The molecule has 0 fully saturated rings. The van der Waals surface area contributed by atoms with Gasteiger partial charge in [-0.2, -0.15) is 0 Å². The Morgan fingerprint density at radius 3 is 2.38 bits per heavy atom. The lowest BCUT2D eigenvalue weighted by Crippen LogP contribution is -2.27. The summed E-state index contributed by atoms with van der Waals surface area (Å²) < 4.78 is 1.02. The van der Waals surface area contributed by atoms with E-state index in [1.54, 1.807) is 4.90 Å². The van der Waals surface area contributed by atoms with Gasteiger partial charge in [0.15, 0.2) is 5.16 Å². The number of amides is 1. The van der Waals surface area contributed by atoms with E-state index in [4.69, 9.17) is 0 Å². The molecular formula is C18H22BrN3OS. The Hall–Kier alpha value is -1.40. The van der Waals surface area contributed by atoms with Crippen LogP contribution in [0.15, 0.2) is 27.8 Å². The number of hydrogen-bond acceptors (Lipinski definition) is 4. The van der Waals surface area contributed by atoms with E-state index in [2.05, 4.69) is 25.9 Å². The van der Waals surface area contributed by atoms with E-state index in [0.717, 1.165) is 37.8 Å². The Balaban J connectivity index is 2.10. The Morgan fingerprint density at radius 1 is 1.21 bits per heavy atom. The lowest BCUT2D eigenvalue weighted by atomic mass is 10.1. The normalized spacial score (nSPS) is 10.8. The highest BCUT2D eigenvalue weighted by Gasteiger charge is 2.15. The molecule has 2 aromatic rings. The largest absolute Gasteiger partial charge is 0.315 e. The first-order chi connectivity index (χ1) is 11.3. The van der Waals surface area contributed by atoms with E-state index in [0.29, 0.717) is 12.8 Å². The van der Waals surface area contributed by atoms with Crippen molar-refractivity contribution in [3.63, 3.8) is 0 Å². The van der Waals surface area contributed by atoms with Crippen LogP contribution in [0.2, 0.25) is 0 Å². The number of benzene rings is 1. The zero-order valence-corrected chi connectivity index (χ0v) is 17.1. The van der Waals surface area contributed by atoms with Gasteiger partial charge in [0.2, 0.25) is 5.91 Å². The molecule has 0 bridgehead atoms. The third-order valence-corrected chi connectivity index (χ3v) is 5.11. The topological polar surface area (TPSA) is 46.1 Å². The maximum absolute atomic E-state index is 12.6. The van der Waals surface area contributed by atoms with Crippen molar-refractivity contribution in [2.45, 2.75) is 38.8 Å². The summed E-state index contributed by atoms with van der Waals surface area (Å²) in [5.41, 5.74) is 5.00. The van der Waals surface area contributed by atoms with Gasteiger partial charge in [0.05, 0.1) is 0 Å². The average molecular weight is 408 g/mol. The van der Waals surface area contributed by atoms with Gasteiger partial charge < -0.3 is 4.90 Å². The summed E-state index contributed by atoms with van der Waals surface area (Å²) in [6, 6.07) is 5.93. The Bertz CT molecular complexity index is 741. The number of carbonyl (C=O) groups is 1. The van der Waals surface area contributed by atoms with Gasteiger partial charge >= 0.3 is 0 Å². The fourth-order valence-electron chi connectivity index (χ4n) is 2.69. The molecule has 0 aliphatic rings. The second-order valence-corrected chi connectivity index (χ2v) is 7.43. The van der Waals surface area contributed by atoms with E-state index in [9.17, 15) is 4.79 Å². The van der Waals surface area contributed by atoms with Gasteiger partial charge in [0.25, 0.3) is 0 Å². The van der Waals surface area contributed by atoms with E-state index < -0.39 is 0 Å². The van der Waals surface area contributed by atoms with Gasteiger partial charge in [-0.15, -0.1) is 0 Å². The quantitative estimate of drug-likeness (QED) is 0.541. The highest BCUT2D eigenvalue weighted by Crippen LogP contribution is 2.24. The van der Waals surface area contributed by atoms with Gasteiger partial charge in [-0.05, 0) is 62.8 Å². The molecule has 2 rings (SSSR count). The molecule has 0 unspecified atom stereocenters. The fraction of sp³-hybridized carbons (Fsp3) is 0.389. The van der Waals surface area contributed by atoms with Gasteiger partial charge in [-0.3, -0.25) is 4.79 Å². The van der Waals surface area contributed by atoms with Crippen molar-refractivity contribution >= 4 is 39.3 Å². The number of hydrogen-bond donors (Lipinski definition) is 0. The lowest BCUT2D eigenvalue weighted by Gasteiger charge is -2.20. The summed E-state index contributed by atoms with van der Waals surface area (Å²) >= 11 is 4.99. The standard InChI is InChI=1S/C18H22BrN3OS/c1-11-10-14(19)6-8-16(11)22(4)17(23)9-7-15-12(2)20-18(24-5)21-13(15)3/h6,8,10H,7,9H2,1-5H3. The monoisotopic (exact) mass is 407 g/mol. The summed E-state index contributed by atoms with van der Waals surface area (Å²) in [4.78, 5) is 23.3. The fourth-order valence-corrected chi connectivity index (χ4v) is 3.62. The second kappa shape index (κ2) is 8.12. The molecule has 0 saturated carbocycles. The summed E-state index contributed by atoms with van der Waals surface area (Å²) in [6.07, 6.45) is 3.06. The minimum Gasteiger partial charge on any atom is -0.315 e. The number of carbonyl (C=O) groups excluding carboxylic acids is 1. The Kier molecular flexibility index (Phi) is 6.40. The smallest absolute Gasteiger partial charge is 0.227 e. The Labute approximate surface area is 156 Å². The number of halogens is 1. The highest BCUT2D eigenvalue weighted by molar-refractivity contribution is 9.10. The molecule has 1 amide bonds. The minimum atomic E-state index is 0.0909. The van der Waals surface area contributed by atoms with Crippen molar-refractivity contribution in [3.05, 3.63) is 45.2 Å². The molecular weight excluding hydrogens is 386 g/mol.